The van der Waals surface area contributed by atoms with E-state index < -0.39 is 8.07 Å². The lowest BCUT2D eigenvalue weighted by Gasteiger charge is -2.16. The molecule has 19 heavy (non-hydrogen) atoms. The molecular weight excluding hydrogens is 395 g/mol. The van der Waals surface area contributed by atoms with Crippen LogP contribution < -0.4 is 4.74 Å². The lowest BCUT2D eigenvalue weighted by Crippen LogP contribution is -2.22. The van der Waals surface area contributed by atoms with Gasteiger partial charge >= 0.3 is 0 Å². The van der Waals surface area contributed by atoms with Crippen LogP contribution in [0, 0.1) is 3.57 Å². The van der Waals surface area contributed by atoms with Gasteiger partial charge in [-0.2, -0.15) is 0 Å². The average molecular weight is 415 g/mol. The van der Waals surface area contributed by atoms with Crippen LogP contribution in [0.1, 0.15) is 5.56 Å². The zero-order valence-corrected chi connectivity index (χ0v) is 15.4. The average Bonchev–Trinajstić information content (AvgIpc) is 2.31. The first-order chi connectivity index (χ1) is 8.83. The van der Waals surface area contributed by atoms with Gasteiger partial charge in [-0.3, -0.25) is 0 Å². The van der Waals surface area contributed by atoms with Gasteiger partial charge < -0.3 is 14.6 Å². The van der Waals surface area contributed by atoms with Crippen molar-refractivity contribution in [2.75, 3.05) is 13.4 Å². The van der Waals surface area contributed by atoms with Crippen molar-refractivity contribution in [2.45, 2.75) is 32.3 Å². The van der Waals surface area contributed by atoms with Crippen molar-refractivity contribution in [3.8, 4) is 5.75 Å². The molecule has 0 bridgehead atoms. The van der Waals surface area contributed by atoms with E-state index >= 15 is 0 Å². The van der Waals surface area contributed by atoms with Crippen molar-refractivity contribution >= 4 is 42.3 Å². The Morgan fingerprint density at radius 3 is 2.58 bits per heavy atom. The molecule has 0 aliphatic carbocycles. The second kappa shape index (κ2) is 7.83. The van der Waals surface area contributed by atoms with Crippen molar-refractivity contribution in [3.63, 3.8) is 0 Å². The molecule has 1 N–H and O–H groups in total. The Hall–Kier alpha value is 0.177. The lowest BCUT2D eigenvalue weighted by molar-refractivity contribution is 0.0214. The van der Waals surface area contributed by atoms with E-state index in [1.54, 1.807) is 12.1 Å². The second-order valence-corrected chi connectivity index (χ2v) is 12.7. The van der Waals surface area contributed by atoms with Crippen LogP contribution in [0.25, 0.3) is 0 Å². The Morgan fingerprint density at radius 1 is 1.32 bits per heavy atom. The van der Waals surface area contributed by atoms with Gasteiger partial charge in [-0.15, -0.1) is 0 Å². The number of hydrogen-bond acceptors (Lipinski definition) is 3. The zero-order chi connectivity index (χ0) is 14.5. The van der Waals surface area contributed by atoms with Gasteiger partial charge in [-0.1, -0.05) is 31.2 Å². The predicted octanol–water partition coefficient (Wildman–Crippen LogP) is 4.13. The minimum atomic E-state index is -1.06. The van der Waals surface area contributed by atoms with Gasteiger partial charge in [0.2, 0.25) is 0 Å². The van der Waals surface area contributed by atoms with Gasteiger partial charge in [0.15, 0.2) is 6.79 Å². The third kappa shape index (κ3) is 6.44. The van der Waals surface area contributed by atoms with Gasteiger partial charge in [-0.05, 0) is 46.3 Å². The van der Waals surface area contributed by atoms with Crippen LogP contribution in [0.4, 0.5) is 0 Å². The molecule has 0 amide bonds. The quantitative estimate of drug-likeness (QED) is 0.316. The van der Waals surface area contributed by atoms with Gasteiger partial charge in [0, 0.05) is 19.7 Å². The summed E-state index contributed by atoms with van der Waals surface area (Å²) in [5.74, 6) is 0.658. The highest BCUT2D eigenvalue weighted by atomic mass is 127. The van der Waals surface area contributed by atoms with Crippen LogP contribution in [0.3, 0.4) is 0 Å². The molecule has 0 aliphatic rings. The molecule has 0 heterocycles. The summed E-state index contributed by atoms with van der Waals surface area (Å²) >= 11 is 8.11. The molecule has 0 fully saturated rings. The fourth-order valence-electron chi connectivity index (χ4n) is 1.38. The Labute approximate surface area is 134 Å². The van der Waals surface area contributed by atoms with Crippen molar-refractivity contribution < 1.29 is 14.6 Å². The summed E-state index contributed by atoms with van der Waals surface area (Å²) in [6.45, 7) is 7.82. The third-order valence-electron chi connectivity index (χ3n) is 2.54. The summed E-state index contributed by atoms with van der Waals surface area (Å²) in [5.41, 5.74) is 0.769. The van der Waals surface area contributed by atoms with Crippen LogP contribution in [0.5, 0.6) is 5.75 Å². The first kappa shape index (κ1) is 17.2. The van der Waals surface area contributed by atoms with Crippen LogP contribution in [0.15, 0.2) is 12.1 Å². The number of halogens is 2. The van der Waals surface area contributed by atoms with E-state index in [0.717, 1.165) is 21.8 Å². The maximum atomic E-state index is 9.22. The SMILES string of the molecule is C[Si](C)(C)CCOCOc1cc(Cl)cc(CO)c1I. The van der Waals surface area contributed by atoms with Crippen LogP contribution in [-0.4, -0.2) is 26.6 Å². The van der Waals surface area contributed by atoms with Crippen LogP contribution in [-0.2, 0) is 11.3 Å². The fraction of sp³-hybridized carbons (Fsp3) is 0.538. The molecule has 1 aromatic rings. The topological polar surface area (TPSA) is 38.7 Å². The van der Waals surface area contributed by atoms with Gasteiger partial charge in [0.05, 0.1) is 10.2 Å². The molecule has 0 spiro atoms. The smallest absolute Gasteiger partial charge is 0.189 e. The summed E-state index contributed by atoms with van der Waals surface area (Å²) in [4.78, 5) is 0. The summed E-state index contributed by atoms with van der Waals surface area (Å²) in [7, 11) is -1.06. The van der Waals surface area contributed by atoms with Crippen molar-refractivity contribution in [1.82, 2.24) is 0 Å². The van der Waals surface area contributed by atoms with Crippen molar-refractivity contribution in [1.29, 1.82) is 0 Å². The summed E-state index contributed by atoms with van der Waals surface area (Å²) < 4.78 is 11.9. The Morgan fingerprint density at radius 2 is 2.00 bits per heavy atom. The maximum absolute atomic E-state index is 9.22. The molecule has 0 saturated heterocycles. The standard InChI is InChI=1S/C13H20ClIO3Si/c1-19(2,3)5-4-17-9-18-12-7-11(14)6-10(8-16)13(12)15/h6-7,16H,4-5,8-9H2,1-3H3. The number of rotatable bonds is 7. The predicted molar refractivity (Wildman–Crippen MR) is 89.7 cm³/mol. The maximum Gasteiger partial charge on any atom is 0.189 e. The van der Waals surface area contributed by atoms with E-state index in [4.69, 9.17) is 21.1 Å². The van der Waals surface area contributed by atoms with Crippen LogP contribution >= 0.6 is 34.2 Å². The Bertz CT molecular complexity index is 421. The molecule has 0 saturated carbocycles. The number of hydrogen-bond donors (Lipinski definition) is 1. The third-order valence-corrected chi connectivity index (χ3v) is 5.69. The van der Waals surface area contributed by atoms with E-state index in [9.17, 15) is 5.11 Å². The van der Waals surface area contributed by atoms with E-state index in [2.05, 4.69) is 42.2 Å². The second-order valence-electron chi connectivity index (χ2n) is 5.52. The fourth-order valence-corrected chi connectivity index (χ4v) is 3.01. The largest absolute Gasteiger partial charge is 0.466 e. The lowest BCUT2D eigenvalue weighted by atomic mass is 10.2. The van der Waals surface area contributed by atoms with E-state index in [1.807, 2.05) is 0 Å². The number of aliphatic hydroxyl groups excluding tert-OH is 1. The summed E-state index contributed by atoms with van der Waals surface area (Å²) in [6.07, 6.45) is 0. The molecule has 0 aromatic heterocycles. The molecule has 6 heteroatoms. The van der Waals surface area contributed by atoms with E-state index in [0.29, 0.717) is 10.8 Å². The molecule has 0 unspecified atom stereocenters. The monoisotopic (exact) mass is 414 g/mol. The van der Waals surface area contributed by atoms with Crippen LogP contribution in [0.2, 0.25) is 30.7 Å². The number of benzene rings is 1. The summed E-state index contributed by atoms with van der Waals surface area (Å²) in [5, 5.41) is 9.78. The highest BCUT2D eigenvalue weighted by molar-refractivity contribution is 14.1. The molecule has 1 rings (SSSR count). The Balaban J connectivity index is 2.47. The van der Waals surface area contributed by atoms with Gasteiger partial charge in [0.25, 0.3) is 0 Å². The van der Waals surface area contributed by atoms with Gasteiger partial charge in [-0.25, -0.2) is 0 Å². The first-order valence-corrected chi connectivity index (χ1v) is 11.3. The molecule has 108 valence electrons. The first-order valence-electron chi connectivity index (χ1n) is 6.13. The minimum absolute atomic E-state index is 0.0499. The highest BCUT2D eigenvalue weighted by Crippen LogP contribution is 2.29. The Kier molecular flexibility index (Phi) is 7.10. The van der Waals surface area contributed by atoms with Gasteiger partial charge in [0.1, 0.15) is 5.75 Å². The molecule has 0 atom stereocenters. The molecule has 3 nitrogen and oxygen atoms in total. The number of ether oxygens (including phenoxy) is 2. The highest BCUT2D eigenvalue weighted by Gasteiger charge is 2.12. The van der Waals surface area contributed by atoms with E-state index in [1.165, 1.54) is 0 Å². The molecule has 0 aliphatic heterocycles. The minimum Gasteiger partial charge on any atom is -0.466 e. The van der Waals surface area contributed by atoms with E-state index in [-0.39, 0.29) is 13.4 Å². The normalized spacial score (nSPS) is 11.7. The summed E-state index contributed by atoms with van der Waals surface area (Å²) in [6, 6.07) is 4.59. The van der Waals surface area contributed by atoms with Crippen molar-refractivity contribution in [2.24, 2.45) is 0 Å². The molecule has 0 radical (unpaired) electrons. The zero-order valence-electron chi connectivity index (χ0n) is 11.5. The van der Waals surface area contributed by atoms with Crippen molar-refractivity contribution in [3.05, 3.63) is 26.3 Å². The molecule has 1 aromatic carbocycles. The molecular formula is C13H20ClIO3Si. The number of aliphatic hydroxyl groups is 1.